The van der Waals surface area contributed by atoms with Gasteiger partial charge in [-0.1, -0.05) is 0 Å². The van der Waals surface area contributed by atoms with Crippen LogP contribution in [0.2, 0.25) is 0 Å². The molecule has 72 valence electrons. The molecule has 0 aromatic heterocycles. The largest absolute Gasteiger partial charge is 0.358 e. The lowest BCUT2D eigenvalue weighted by molar-refractivity contribution is -0.384. The highest BCUT2D eigenvalue weighted by Gasteiger charge is 2.29. The van der Waals surface area contributed by atoms with Crippen molar-refractivity contribution in [3.8, 4) is 0 Å². The molecule has 0 saturated heterocycles. The van der Waals surface area contributed by atoms with E-state index in [1.165, 1.54) is 31.2 Å². The van der Waals surface area contributed by atoms with Gasteiger partial charge in [-0.25, -0.2) is 6.57 Å². The third-order valence-corrected chi connectivity index (χ3v) is 1.84. The highest BCUT2D eigenvalue weighted by atomic mass is 16.6. The summed E-state index contributed by atoms with van der Waals surface area (Å²) < 4.78 is 0. The van der Waals surface area contributed by atoms with Gasteiger partial charge in [-0.2, -0.15) is 0 Å². The van der Waals surface area contributed by atoms with Crippen molar-refractivity contribution < 1.29 is 10.0 Å². The second-order valence-corrected chi connectivity index (χ2v) is 2.94. The summed E-state index contributed by atoms with van der Waals surface area (Å²) in [6.45, 7) is 8.06. The number of hydrogen-bond acceptors (Lipinski definition) is 3. The van der Waals surface area contributed by atoms with E-state index in [0.717, 1.165) is 0 Å². The van der Waals surface area contributed by atoms with Crippen LogP contribution in [0.5, 0.6) is 0 Å². The molecule has 0 heterocycles. The van der Waals surface area contributed by atoms with E-state index in [2.05, 4.69) is 4.85 Å². The number of hydrogen-bond donors (Lipinski definition) is 1. The second kappa shape index (κ2) is 3.44. The number of non-ortho nitro benzene ring substituents is 1. The fraction of sp³-hybridized carbons (Fsp3) is 0.222. The van der Waals surface area contributed by atoms with Crippen molar-refractivity contribution >= 4 is 5.69 Å². The number of nitrogens with zero attached hydrogens (tertiary/aromatic N) is 2. The number of aliphatic hydroxyl groups is 1. The second-order valence-electron chi connectivity index (χ2n) is 2.94. The normalized spacial score (nSPS) is 14.1. The topological polar surface area (TPSA) is 67.7 Å². The molecule has 0 radical (unpaired) electrons. The summed E-state index contributed by atoms with van der Waals surface area (Å²) in [7, 11) is 0. The maximum atomic E-state index is 10.3. The third-order valence-electron chi connectivity index (χ3n) is 1.84. The minimum atomic E-state index is -1.62. The van der Waals surface area contributed by atoms with Crippen LogP contribution in [-0.4, -0.2) is 10.0 Å². The van der Waals surface area contributed by atoms with Crippen molar-refractivity contribution in [2.24, 2.45) is 0 Å². The molecular weight excluding hydrogens is 184 g/mol. The Hall–Kier alpha value is -1.93. The van der Waals surface area contributed by atoms with Crippen molar-refractivity contribution in [1.29, 1.82) is 0 Å². The molecule has 0 aliphatic carbocycles. The van der Waals surface area contributed by atoms with Crippen LogP contribution < -0.4 is 0 Å². The van der Waals surface area contributed by atoms with Crippen molar-refractivity contribution in [3.05, 3.63) is 51.4 Å². The summed E-state index contributed by atoms with van der Waals surface area (Å²) in [5, 5.41) is 19.8. The first-order chi connectivity index (χ1) is 6.47. The SMILES string of the molecule is [C-]#[N+]C(C)(O)c1ccc([N+](=O)[O-])cc1. The average Bonchev–Trinajstić information content (AvgIpc) is 2.18. The Morgan fingerprint density at radius 3 is 2.36 bits per heavy atom. The fourth-order valence-electron chi connectivity index (χ4n) is 0.963. The molecule has 0 aliphatic rings. The van der Waals surface area contributed by atoms with Gasteiger partial charge in [0.1, 0.15) is 0 Å². The molecule has 0 saturated carbocycles. The number of nitro benzene ring substituents is 1. The van der Waals surface area contributed by atoms with Gasteiger partial charge >= 0.3 is 5.72 Å². The summed E-state index contributed by atoms with van der Waals surface area (Å²) in [6.07, 6.45) is 0. The molecule has 5 heteroatoms. The highest BCUT2D eigenvalue weighted by molar-refractivity contribution is 5.35. The zero-order chi connectivity index (χ0) is 10.8. The summed E-state index contributed by atoms with van der Waals surface area (Å²) in [6, 6.07) is 5.26. The molecule has 1 aromatic carbocycles. The van der Waals surface area contributed by atoms with Gasteiger partial charge in [-0.15, -0.1) is 0 Å². The Morgan fingerprint density at radius 1 is 1.50 bits per heavy atom. The van der Waals surface area contributed by atoms with Gasteiger partial charge in [0.2, 0.25) is 0 Å². The van der Waals surface area contributed by atoms with Crippen LogP contribution in [0.3, 0.4) is 0 Å². The van der Waals surface area contributed by atoms with E-state index in [1.807, 2.05) is 0 Å². The average molecular weight is 192 g/mol. The molecule has 0 bridgehead atoms. The first kappa shape index (κ1) is 10.2. The van der Waals surface area contributed by atoms with Crippen molar-refractivity contribution in [2.45, 2.75) is 12.6 Å². The van der Waals surface area contributed by atoms with E-state index in [9.17, 15) is 15.2 Å². The summed E-state index contributed by atoms with van der Waals surface area (Å²) in [5.74, 6) is 0. The van der Waals surface area contributed by atoms with E-state index < -0.39 is 10.6 Å². The summed E-state index contributed by atoms with van der Waals surface area (Å²) in [4.78, 5) is 12.8. The molecule has 0 fully saturated rings. The van der Waals surface area contributed by atoms with E-state index in [0.29, 0.717) is 5.56 Å². The van der Waals surface area contributed by atoms with Crippen LogP contribution in [-0.2, 0) is 5.72 Å². The Labute approximate surface area is 80.6 Å². The zero-order valence-electron chi connectivity index (χ0n) is 7.47. The van der Waals surface area contributed by atoms with Crippen LogP contribution in [0.4, 0.5) is 5.69 Å². The van der Waals surface area contributed by atoms with Crippen LogP contribution in [0.15, 0.2) is 24.3 Å². The van der Waals surface area contributed by atoms with Crippen molar-refractivity contribution in [2.75, 3.05) is 0 Å². The fourth-order valence-corrected chi connectivity index (χ4v) is 0.963. The van der Waals surface area contributed by atoms with Gasteiger partial charge in [-0.3, -0.25) is 15.0 Å². The maximum Gasteiger partial charge on any atom is 0.358 e. The molecular formula is C9H8N2O3. The van der Waals surface area contributed by atoms with Gasteiger partial charge < -0.3 is 5.11 Å². The molecule has 14 heavy (non-hydrogen) atoms. The quantitative estimate of drug-likeness (QED) is 0.440. The standard InChI is InChI=1S/C9H8N2O3/c1-9(12,10-2)7-3-5-8(6-4-7)11(13)14/h3-6,12H,1H3. The third kappa shape index (κ3) is 1.87. The molecule has 0 spiro atoms. The highest BCUT2D eigenvalue weighted by Crippen LogP contribution is 2.23. The van der Waals surface area contributed by atoms with E-state index >= 15 is 0 Å². The van der Waals surface area contributed by atoms with Crippen molar-refractivity contribution in [3.63, 3.8) is 0 Å². The lowest BCUT2D eigenvalue weighted by Crippen LogP contribution is -2.15. The molecule has 0 aliphatic heterocycles. The van der Waals surface area contributed by atoms with Crippen LogP contribution >= 0.6 is 0 Å². The van der Waals surface area contributed by atoms with E-state index in [4.69, 9.17) is 6.57 Å². The Morgan fingerprint density at radius 2 is 2.00 bits per heavy atom. The lowest BCUT2D eigenvalue weighted by atomic mass is 10.1. The molecule has 1 atom stereocenters. The van der Waals surface area contributed by atoms with Crippen LogP contribution in [0.1, 0.15) is 12.5 Å². The molecule has 1 rings (SSSR count). The minimum Gasteiger partial charge on any atom is -0.320 e. The Bertz CT molecular complexity index is 390. The van der Waals surface area contributed by atoms with Gasteiger partial charge in [-0.05, 0) is 12.1 Å². The van der Waals surface area contributed by atoms with E-state index in [1.54, 1.807) is 0 Å². The van der Waals surface area contributed by atoms with Gasteiger partial charge in [0.25, 0.3) is 5.69 Å². The summed E-state index contributed by atoms with van der Waals surface area (Å²) >= 11 is 0. The Balaban J connectivity index is 3.07. The number of rotatable bonds is 2. The molecule has 1 unspecified atom stereocenters. The molecule has 1 N–H and O–H groups in total. The first-order valence-electron chi connectivity index (χ1n) is 3.83. The van der Waals surface area contributed by atoms with Crippen molar-refractivity contribution in [1.82, 2.24) is 0 Å². The molecule has 0 amide bonds. The van der Waals surface area contributed by atoms with E-state index in [-0.39, 0.29) is 5.69 Å². The predicted molar refractivity (Wildman–Crippen MR) is 49.3 cm³/mol. The van der Waals surface area contributed by atoms with Crippen LogP contribution in [0.25, 0.3) is 4.85 Å². The van der Waals surface area contributed by atoms with Gasteiger partial charge in [0.15, 0.2) is 0 Å². The lowest BCUT2D eigenvalue weighted by Gasteiger charge is -2.08. The zero-order valence-corrected chi connectivity index (χ0v) is 7.47. The smallest absolute Gasteiger partial charge is 0.320 e. The monoisotopic (exact) mass is 192 g/mol. The molecule has 1 aromatic rings. The maximum absolute atomic E-state index is 10.3. The summed E-state index contributed by atoms with van der Waals surface area (Å²) in [5.41, 5.74) is -1.33. The Kier molecular flexibility index (Phi) is 2.49. The predicted octanol–water partition coefficient (Wildman–Crippen LogP) is 1.68. The first-order valence-corrected chi connectivity index (χ1v) is 3.83. The van der Waals surface area contributed by atoms with Gasteiger partial charge in [0.05, 0.1) is 10.5 Å². The van der Waals surface area contributed by atoms with Crippen LogP contribution in [0, 0.1) is 16.7 Å². The van der Waals surface area contributed by atoms with Gasteiger partial charge in [0, 0.05) is 19.1 Å². The minimum absolute atomic E-state index is 0.0606. The number of benzene rings is 1. The number of nitro groups is 1. The molecule has 5 nitrogen and oxygen atoms in total.